The van der Waals surface area contributed by atoms with Crippen LogP contribution in [0.2, 0.25) is 0 Å². The summed E-state index contributed by atoms with van der Waals surface area (Å²) in [7, 11) is 1.82. The molecular weight excluding hydrogens is 359 g/mol. The number of rotatable bonds is 8. The van der Waals surface area contributed by atoms with Crippen molar-refractivity contribution in [3.8, 4) is 5.75 Å². The molecule has 1 amide bonds. The molecule has 19 heavy (non-hydrogen) atoms. The molecule has 0 aliphatic carbocycles. The lowest BCUT2D eigenvalue weighted by Gasteiger charge is -2.16. The molecule has 5 nitrogen and oxygen atoms in total. The number of nitrogens with zero attached hydrogens (tertiary/aromatic N) is 1. The second-order valence-corrected chi connectivity index (χ2v) is 5.27. The first-order valence-corrected chi connectivity index (χ1v) is 7.24. The summed E-state index contributed by atoms with van der Waals surface area (Å²) in [5, 5.41) is 12.9. The number of unbranched alkanes of at least 4 members (excludes halogenated alkanes) is 1. The molecule has 0 heterocycles. The zero-order valence-corrected chi connectivity index (χ0v) is 13.3. The molecule has 0 saturated heterocycles. The Hall–Kier alpha value is -1.02. The monoisotopic (exact) mass is 378 g/mol. The van der Waals surface area contributed by atoms with Crippen molar-refractivity contribution in [2.24, 2.45) is 0 Å². The molecule has 1 aromatic rings. The minimum Gasteiger partial charge on any atom is -0.490 e. The number of benzene rings is 1. The average molecular weight is 378 g/mol. The molecule has 0 unspecified atom stereocenters. The van der Waals surface area contributed by atoms with Gasteiger partial charge in [0.05, 0.1) is 22.4 Å². The van der Waals surface area contributed by atoms with Crippen LogP contribution in [0.15, 0.2) is 12.1 Å². The lowest BCUT2D eigenvalue weighted by molar-refractivity contribution is -0.152. The molecule has 0 radical (unpaired) electrons. The first-order chi connectivity index (χ1) is 9.12. The van der Waals surface area contributed by atoms with Crippen LogP contribution >= 0.6 is 22.6 Å². The molecule has 1 aromatic carbocycles. The zero-order chi connectivity index (χ0) is 14.3. The Morgan fingerprint density at radius 1 is 1.53 bits per heavy atom. The van der Waals surface area contributed by atoms with Gasteiger partial charge in [-0.25, -0.2) is 5.06 Å². The van der Waals surface area contributed by atoms with Gasteiger partial charge in [-0.3, -0.25) is 10.0 Å². The van der Waals surface area contributed by atoms with Crippen molar-refractivity contribution in [3.63, 3.8) is 0 Å². The molecule has 1 rings (SSSR count). The number of halogens is 1. The van der Waals surface area contributed by atoms with E-state index in [2.05, 4.69) is 34.8 Å². The quantitative estimate of drug-likeness (QED) is 0.240. The molecular formula is C13H19IN2O3. The summed E-state index contributed by atoms with van der Waals surface area (Å²) in [6.45, 7) is 2.95. The first kappa shape index (κ1) is 16.0. The van der Waals surface area contributed by atoms with E-state index >= 15 is 0 Å². The maximum atomic E-state index is 10.4. The number of carbonyl (C=O) groups is 1. The van der Waals surface area contributed by atoms with Crippen LogP contribution in [0.3, 0.4) is 0 Å². The number of anilines is 1. The van der Waals surface area contributed by atoms with E-state index in [0.717, 1.165) is 33.4 Å². The molecule has 0 aliphatic rings. The van der Waals surface area contributed by atoms with Crippen LogP contribution in [0.5, 0.6) is 5.75 Å². The normalized spacial score (nSPS) is 10.1. The molecule has 0 atom stereocenters. The summed E-state index contributed by atoms with van der Waals surface area (Å²) in [5.74, 6) is 0.816. The number of hydroxylamine groups is 2. The van der Waals surface area contributed by atoms with Gasteiger partial charge in [0.1, 0.15) is 0 Å². The van der Waals surface area contributed by atoms with Crippen molar-refractivity contribution < 1.29 is 14.7 Å². The number of amides is 1. The SMILES string of the molecule is CCCCOc1c(I)cc(CN(O)C=O)cc1NC. The summed E-state index contributed by atoms with van der Waals surface area (Å²) in [6.07, 6.45) is 2.48. The molecule has 6 heteroatoms. The van der Waals surface area contributed by atoms with Crippen LogP contribution in [0.25, 0.3) is 0 Å². The molecule has 0 saturated carbocycles. The van der Waals surface area contributed by atoms with Crippen LogP contribution in [0, 0.1) is 3.57 Å². The fourth-order valence-electron chi connectivity index (χ4n) is 1.62. The van der Waals surface area contributed by atoms with E-state index in [1.165, 1.54) is 0 Å². The maximum absolute atomic E-state index is 10.4. The fourth-order valence-corrected chi connectivity index (χ4v) is 2.46. The van der Waals surface area contributed by atoms with Crippen molar-refractivity contribution in [2.45, 2.75) is 26.3 Å². The van der Waals surface area contributed by atoms with Gasteiger partial charge in [-0.15, -0.1) is 0 Å². The third-order valence-electron chi connectivity index (χ3n) is 2.58. The van der Waals surface area contributed by atoms with Crippen LogP contribution in [0.1, 0.15) is 25.3 Å². The van der Waals surface area contributed by atoms with E-state index in [1.54, 1.807) is 0 Å². The van der Waals surface area contributed by atoms with Gasteiger partial charge in [0.25, 0.3) is 0 Å². The van der Waals surface area contributed by atoms with Gasteiger partial charge in [-0.1, -0.05) is 13.3 Å². The lowest BCUT2D eigenvalue weighted by Crippen LogP contribution is -2.16. The topological polar surface area (TPSA) is 61.8 Å². The second kappa shape index (κ2) is 8.21. The third-order valence-corrected chi connectivity index (χ3v) is 3.38. The smallest absolute Gasteiger partial charge is 0.233 e. The molecule has 0 aromatic heterocycles. The van der Waals surface area contributed by atoms with Crippen LogP contribution < -0.4 is 10.1 Å². The van der Waals surface area contributed by atoms with Crippen molar-refractivity contribution in [3.05, 3.63) is 21.3 Å². The standard InChI is InChI=1S/C13H19IN2O3/c1-3-4-5-19-13-11(14)6-10(7-12(13)15-2)8-16(18)9-17/h6-7,9,15,18H,3-5,8H2,1-2H3. The predicted molar refractivity (Wildman–Crippen MR) is 82.5 cm³/mol. The minimum absolute atomic E-state index is 0.156. The number of hydrogen-bond acceptors (Lipinski definition) is 4. The molecule has 2 N–H and O–H groups in total. The van der Waals surface area contributed by atoms with E-state index in [0.29, 0.717) is 18.1 Å². The Kier molecular flexibility index (Phi) is 6.93. The van der Waals surface area contributed by atoms with Gasteiger partial charge in [0.2, 0.25) is 6.41 Å². The van der Waals surface area contributed by atoms with E-state index in [4.69, 9.17) is 4.74 Å². The highest BCUT2D eigenvalue weighted by Crippen LogP contribution is 2.32. The molecule has 106 valence electrons. The maximum Gasteiger partial charge on any atom is 0.233 e. The Morgan fingerprint density at radius 2 is 2.26 bits per heavy atom. The van der Waals surface area contributed by atoms with Gasteiger partial charge in [-0.2, -0.15) is 0 Å². The van der Waals surface area contributed by atoms with Gasteiger partial charge < -0.3 is 10.1 Å². The Labute approximate surface area is 127 Å². The highest BCUT2D eigenvalue weighted by Gasteiger charge is 2.11. The van der Waals surface area contributed by atoms with E-state index < -0.39 is 0 Å². The van der Waals surface area contributed by atoms with Gasteiger partial charge in [0, 0.05) is 7.05 Å². The van der Waals surface area contributed by atoms with Crippen molar-refractivity contribution in [1.29, 1.82) is 0 Å². The fraction of sp³-hybridized carbons (Fsp3) is 0.462. The van der Waals surface area contributed by atoms with E-state index in [1.807, 2.05) is 19.2 Å². The predicted octanol–water partition coefficient (Wildman–Crippen LogP) is 2.86. The number of ether oxygens (including phenoxy) is 1. The van der Waals surface area contributed by atoms with Gasteiger partial charge >= 0.3 is 0 Å². The summed E-state index contributed by atoms with van der Waals surface area (Å²) < 4.78 is 6.72. The van der Waals surface area contributed by atoms with E-state index in [9.17, 15) is 10.0 Å². The summed E-state index contributed by atoms with van der Waals surface area (Å²) in [5.41, 5.74) is 1.70. The molecule has 0 aliphatic heterocycles. The summed E-state index contributed by atoms with van der Waals surface area (Å²) >= 11 is 2.19. The summed E-state index contributed by atoms with van der Waals surface area (Å²) in [6, 6.07) is 3.77. The van der Waals surface area contributed by atoms with Crippen molar-refractivity contribution in [2.75, 3.05) is 19.0 Å². The molecule has 0 spiro atoms. The van der Waals surface area contributed by atoms with Crippen molar-refractivity contribution in [1.82, 2.24) is 5.06 Å². The van der Waals surface area contributed by atoms with Crippen LogP contribution in [-0.2, 0) is 11.3 Å². The number of carbonyl (C=O) groups excluding carboxylic acids is 1. The second-order valence-electron chi connectivity index (χ2n) is 4.11. The largest absolute Gasteiger partial charge is 0.490 e. The van der Waals surface area contributed by atoms with Crippen molar-refractivity contribution >= 4 is 34.7 Å². The van der Waals surface area contributed by atoms with Crippen LogP contribution in [-0.4, -0.2) is 30.3 Å². The first-order valence-electron chi connectivity index (χ1n) is 6.16. The molecule has 0 bridgehead atoms. The lowest BCUT2D eigenvalue weighted by atomic mass is 10.2. The van der Waals surface area contributed by atoms with Gasteiger partial charge in [-0.05, 0) is 46.7 Å². The number of nitrogens with one attached hydrogen (secondary N) is 1. The average Bonchev–Trinajstić information content (AvgIpc) is 2.40. The molecule has 0 fully saturated rings. The minimum atomic E-state index is 0.156. The summed E-state index contributed by atoms with van der Waals surface area (Å²) in [4.78, 5) is 10.4. The zero-order valence-electron chi connectivity index (χ0n) is 11.1. The number of hydrogen-bond donors (Lipinski definition) is 2. The Bertz CT molecular complexity index is 427. The van der Waals surface area contributed by atoms with Gasteiger partial charge in [0.15, 0.2) is 5.75 Å². The van der Waals surface area contributed by atoms with Crippen LogP contribution in [0.4, 0.5) is 5.69 Å². The highest BCUT2D eigenvalue weighted by atomic mass is 127. The van der Waals surface area contributed by atoms with E-state index in [-0.39, 0.29) is 6.54 Å². The highest BCUT2D eigenvalue weighted by molar-refractivity contribution is 14.1. The Morgan fingerprint density at radius 3 is 2.84 bits per heavy atom. The Balaban J connectivity index is 2.90. The third kappa shape index (κ3) is 4.87.